The molecule has 12 nitrogen and oxygen atoms in total. The SMILES string of the molecule is CC(C)(C)OC(=O)N1CCC[C@@H]1C1(COc2nc3c(c(N4CCN(C(=O)OCc5ccccc5)[C@@H](CC#N)C4)n2)CCN(c2cccc4ccccc24)C3)CC1. The molecule has 4 heterocycles. The molecule has 1 saturated carbocycles. The Morgan fingerprint density at radius 2 is 1.68 bits per heavy atom. The lowest BCUT2D eigenvalue weighted by molar-refractivity contribution is 0.0123. The van der Waals surface area contributed by atoms with E-state index in [9.17, 15) is 14.9 Å². The Balaban J connectivity index is 1.06. The molecule has 12 heteroatoms. The van der Waals surface area contributed by atoms with Gasteiger partial charge in [-0.05, 0) is 69.9 Å². The summed E-state index contributed by atoms with van der Waals surface area (Å²) < 4.78 is 18.1. The Hall–Kier alpha value is -5.57. The van der Waals surface area contributed by atoms with Gasteiger partial charge in [-0.2, -0.15) is 15.2 Å². The van der Waals surface area contributed by atoms with Gasteiger partial charge in [0.15, 0.2) is 0 Å². The summed E-state index contributed by atoms with van der Waals surface area (Å²) in [6.07, 6.45) is 3.98. The van der Waals surface area contributed by atoms with Crippen LogP contribution in [0.1, 0.15) is 69.7 Å². The van der Waals surface area contributed by atoms with Crippen LogP contribution in [-0.2, 0) is 29.0 Å². The summed E-state index contributed by atoms with van der Waals surface area (Å²) in [5, 5.41) is 12.2. The van der Waals surface area contributed by atoms with E-state index in [1.807, 2.05) is 56.0 Å². The fraction of sp³-hybridized carbons (Fsp3) is 0.477. The van der Waals surface area contributed by atoms with Gasteiger partial charge in [0.25, 0.3) is 0 Å². The number of hydrogen-bond acceptors (Lipinski definition) is 10. The van der Waals surface area contributed by atoms with Crippen LogP contribution in [-0.4, -0.2) is 89.0 Å². The number of anilines is 2. The van der Waals surface area contributed by atoms with Gasteiger partial charge in [-0.15, -0.1) is 0 Å². The molecule has 56 heavy (non-hydrogen) atoms. The maximum Gasteiger partial charge on any atom is 0.410 e. The van der Waals surface area contributed by atoms with Crippen LogP contribution >= 0.6 is 0 Å². The van der Waals surface area contributed by atoms with Crippen LogP contribution < -0.4 is 14.5 Å². The highest BCUT2D eigenvalue weighted by Gasteiger charge is 2.55. The third-order valence-corrected chi connectivity index (χ3v) is 11.6. The van der Waals surface area contributed by atoms with Gasteiger partial charge in [-0.1, -0.05) is 66.7 Å². The Bertz CT molecular complexity index is 2110. The van der Waals surface area contributed by atoms with Crippen LogP contribution in [0.5, 0.6) is 6.01 Å². The van der Waals surface area contributed by atoms with E-state index in [-0.39, 0.29) is 36.6 Å². The number of nitrogens with zero attached hydrogens (tertiary/aromatic N) is 7. The summed E-state index contributed by atoms with van der Waals surface area (Å²) in [5.74, 6) is 0.795. The molecular formula is C44H51N7O5. The second kappa shape index (κ2) is 15.5. The first-order valence-corrected chi connectivity index (χ1v) is 19.9. The number of hydrogen-bond donors (Lipinski definition) is 0. The van der Waals surface area contributed by atoms with Gasteiger partial charge in [0, 0.05) is 60.8 Å². The van der Waals surface area contributed by atoms with Crippen molar-refractivity contribution in [2.24, 2.45) is 5.41 Å². The topological polar surface area (TPSA) is 124 Å². The minimum atomic E-state index is -0.565. The van der Waals surface area contributed by atoms with Crippen molar-refractivity contribution in [1.29, 1.82) is 5.26 Å². The molecule has 3 aliphatic heterocycles. The number of piperazine rings is 1. The van der Waals surface area contributed by atoms with Crippen LogP contribution in [0, 0.1) is 16.7 Å². The van der Waals surface area contributed by atoms with E-state index in [2.05, 4.69) is 58.3 Å². The minimum Gasteiger partial charge on any atom is -0.463 e. The number of benzene rings is 3. The second-order valence-electron chi connectivity index (χ2n) is 16.6. The van der Waals surface area contributed by atoms with Crippen LogP contribution in [0.4, 0.5) is 21.1 Å². The maximum absolute atomic E-state index is 13.4. The van der Waals surface area contributed by atoms with Gasteiger partial charge in [-0.3, -0.25) is 0 Å². The van der Waals surface area contributed by atoms with Gasteiger partial charge in [-0.25, -0.2) is 9.59 Å². The molecule has 2 saturated heterocycles. The van der Waals surface area contributed by atoms with E-state index in [0.29, 0.717) is 45.3 Å². The van der Waals surface area contributed by atoms with E-state index < -0.39 is 11.7 Å². The van der Waals surface area contributed by atoms with E-state index in [0.717, 1.165) is 67.0 Å². The summed E-state index contributed by atoms with van der Waals surface area (Å²) >= 11 is 0. The van der Waals surface area contributed by atoms with Gasteiger partial charge >= 0.3 is 18.2 Å². The minimum absolute atomic E-state index is 0.0396. The zero-order valence-electron chi connectivity index (χ0n) is 32.7. The summed E-state index contributed by atoms with van der Waals surface area (Å²) in [7, 11) is 0. The Labute approximate surface area is 328 Å². The number of likely N-dealkylation sites (tertiary alicyclic amines) is 1. The second-order valence-corrected chi connectivity index (χ2v) is 16.6. The van der Waals surface area contributed by atoms with Gasteiger partial charge in [0.05, 0.1) is 37.4 Å². The third-order valence-electron chi connectivity index (χ3n) is 11.6. The molecule has 0 unspecified atom stereocenters. The number of fused-ring (bicyclic) bond motifs is 2. The average Bonchev–Trinajstić information content (AvgIpc) is 3.82. The Morgan fingerprint density at radius 1 is 0.893 bits per heavy atom. The first-order chi connectivity index (χ1) is 27.1. The molecule has 1 aliphatic carbocycles. The van der Waals surface area contributed by atoms with E-state index in [4.69, 9.17) is 24.2 Å². The largest absolute Gasteiger partial charge is 0.463 e. The number of carbonyl (C=O) groups excluding carboxylic acids is 2. The van der Waals surface area contributed by atoms with Crippen molar-refractivity contribution in [2.75, 3.05) is 49.1 Å². The molecule has 0 spiro atoms. The molecule has 3 aromatic carbocycles. The molecule has 0 radical (unpaired) electrons. The number of aromatic nitrogens is 2. The Morgan fingerprint density at radius 3 is 2.46 bits per heavy atom. The van der Waals surface area contributed by atoms with Gasteiger partial charge in [0.1, 0.15) is 18.0 Å². The number of amides is 2. The molecule has 2 amide bonds. The molecule has 4 aliphatic rings. The highest BCUT2D eigenvalue weighted by Crippen LogP contribution is 2.53. The first kappa shape index (κ1) is 37.4. The van der Waals surface area contributed by atoms with Crippen molar-refractivity contribution in [3.8, 4) is 12.1 Å². The van der Waals surface area contributed by atoms with E-state index in [1.165, 1.54) is 10.8 Å². The fourth-order valence-corrected chi connectivity index (χ4v) is 8.66. The summed E-state index contributed by atoms with van der Waals surface area (Å²) in [5.41, 5.74) is 3.31. The van der Waals surface area contributed by atoms with Crippen molar-refractivity contribution in [3.63, 3.8) is 0 Å². The monoisotopic (exact) mass is 757 g/mol. The lowest BCUT2D eigenvalue weighted by Crippen LogP contribution is -2.55. The van der Waals surface area contributed by atoms with Gasteiger partial charge < -0.3 is 33.8 Å². The molecule has 8 rings (SSSR count). The molecule has 2 atom stereocenters. The number of rotatable bonds is 9. The fourth-order valence-electron chi connectivity index (χ4n) is 8.66. The van der Waals surface area contributed by atoms with Crippen LogP contribution in [0.15, 0.2) is 72.8 Å². The number of nitriles is 1. The van der Waals surface area contributed by atoms with Crippen molar-refractivity contribution in [1.82, 2.24) is 19.8 Å². The normalized spacial score (nSPS) is 20.3. The summed E-state index contributed by atoms with van der Waals surface area (Å²) in [6.45, 7) is 9.68. The highest BCUT2D eigenvalue weighted by atomic mass is 16.6. The van der Waals surface area contributed by atoms with Gasteiger partial charge in [0.2, 0.25) is 0 Å². The summed E-state index contributed by atoms with van der Waals surface area (Å²) in [4.78, 5) is 45.0. The zero-order valence-corrected chi connectivity index (χ0v) is 32.7. The van der Waals surface area contributed by atoms with Crippen molar-refractivity contribution < 1.29 is 23.8 Å². The molecule has 0 N–H and O–H groups in total. The molecule has 292 valence electrons. The molecular weight excluding hydrogens is 707 g/mol. The molecule has 3 fully saturated rings. The zero-order chi connectivity index (χ0) is 38.9. The summed E-state index contributed by atoms with van der Waals surface area (Å²) in [6, 6.07) is 26.7. The average molecular weight is 758 g/mol. The van der Waals surface area contributed by atoms with E-state index in [1.54, 1.807) is 4.90 Å². The Kier molecular flexibility index (Phi) is 10.4. The van der Waals surface area contributed by atoms with Crippen LogP contribution in [0.3, 0.4) is 0 Å². The molecule has 4 aromatic rings. The predicted molar refractivity (Wildman–Crippen MR) is 213 cm³/mol. The smallest absolute Gasteiger partial charge is 0.410 e. The predicted octanol–water partition coefficient (Wildman–Crippen LogP) is 7.49. The van der Waals surface area contributed by atoms with E-state index >= 15 is 0 Å². The number of ether oxygens (including phenoxy) is 3. The molecule has 1 aromatic heterocycles. The lowest BCUT2D eigenvalue weighted by Gasteiger charge is -2.42. The standard InChI is InChI=1S/C44H51N7O5/c1-43(2,3)56-42(53)51-23-10-17-38(51)44(20-21-44)30-55-40-46-36-28-48(37-16-9-14-32-13-7-8-15-34(32)37)24-19-35(36)39(47-40)49-25-26-50(33(27-49)18-22-45)41(52)54-29-31-11-5-4-6-12-31/h4-9,11-16,33,38H,10,17-21,23-30H2,1-3H3/t33-,38+/m0/s1. The van der Waals surface area contributed by atoms with Crippen molar-refractivity contribution >= 4 is 34.5 Å². The van der Waals surface area contributed by atoms with Crippen molar-refractivity contribution in [3.05, 3.63) is 89.6 Å². The first-order valence-electron chi connectivity index (χ1n) is 19.9. The van der Waals surface area contributed by atoms with Crippen LogP contribution in [0.2, 0.25) is 0 Å². The third kappa shape index (κ3) is 7.90. The molecule has 0 bridgehead atoms. The highest BCUT2D eigenvalue weighted by molar-refractivity contribution is 5.94. The maximum atomic E-state index is 13.4. The van der Waals surface area contributed by atoms with Crippen molar-refractivity contribution in [2.45, 2.75) is 90.1 Å². The van der Waals surface area contributed by atoms with Crippen LogP contribution in [0.25, 0.3) is 10.8 Å². The quantitative estimate of drug-likeness (QED) is 0.170. The lowest BCUT2D eigenvalue weighted by atomic mass is 9.95. The number of carbonyl (C=O) groups is 2.